The maximum Gasteiger partial charge on any atom is 0.262 e. The van der Waals surface area contributed by atoms with Gasteiger partial charge in [0.1, 0.15) is 17.5 Å². The Morgan fingerprint density at radius 1 is 1.59 bits per heavy atom. The van der Waals surface area contributed by atoms with E-state index in [0.717, 1.165) is 0 Å². The maximum absolute atomic E-state index is 12.9. The molecule has 0 spiro atoms. The number of amides is 1. The molecule has 1 aromatic carbocycles. The molecule has 1 aromatic rings. The second-order valence-electron chi connectivity index (χ2n) is 3.22. The summed E-state index contributed by atoms with van der Waals surface area (Å²) in [7, 11) is 0. The molecule has 0 radical (unpaired) electrons. The second-order valence-corrected chi connectivity index (χ2v) is 3.22. The molecule has 0 heterocycles. The van der Waals surface area contributed by atoms with Crippen LogP contribution >= 0.6 is 0 Å². The molecule has 0 saturated carbocycles. The highest BCUT2D eigenvalue weighted by atomic mass is 19.1. The third kappa shape index (κ3) is 3.92. The van der Waals surface area contributed by atoms with E-state index in [1.165, 1.54) is 30.4 Å². The van der Waals surface area contributed by atoms with Crippen LogP contribution in [0.2, 0.25) is 0 Å². The zero-order valence-electron chi connectivity index (χ0n) is 9.11. The van der Waals surface area contributed by atoms with Gasteiger partial charge in [-0.25, -0.2) is 4.39 Å². The Balaban J connectivity index is 2.91. The van der Waals surface area contributed by atoms with Crippen molar-refractivity contribution in [1.82, 2.24) is 5.32 Å². The van der Waals surface area contributed by atoms with Crippen molar-refractivity contribution in [3.63, 3.8) is 0 Å². The zero-order valence-corrected chi connectivity index (χ0v) is 9.11. The SMILES string of the molecule is C=CCNC(=O)/C(C#N)=C\c1cccc(F)c1. The molecule has 0 aromatic heterocycles. The highest BCUT2D eigenvalue weighted by molar-refractivity contribution is 6.01. The van der Waals surface area contributed by atoms with Gasteiger partial charge in [0.15, 0.2) is 0 Å². The lowest BCUT2D eigenvalue weighted by Gasteiger charge is -2.00. The first kappa shape index (κ1) is 12.7. The smallest absolute Gasteiger partial charge is 0.262 e. The molecule has 86 valence electrons. The van der Waals surface area contributed by atoms with Crippen molar-refractivity contribution >= 4 is 12.0 Å². The van der Waals surface area contributed by atoms with E-state index in [4.69, 9.17) is 5.26 Å². The lowest BCUT2D eigenvalue weighted by molar-refractivity contribution is -0.116. The number of carbonyl (C=O) groups is 1. The van der Waals surface area contributed by atoms with Crippen molar-refractivity contribution in [1.29, 1.82) is 5.26 Å². The monoisotopic (exact) mass is 230 g/mol. The number of nitrogens with zero attached hydrogens (tertiary/aromatic N) is 1. The van der Waals surface area contributed by atoms with Gasteiger partial charge in [-0.3, -0.25) is 4.79 Å². The molecule has 1 N–H and O–H groups in total. The Labute approximate surface area is 98.9 Å². The lowest BCUT2D eigenvalue weighted by Crippen LogP contribution is -2.24. The van der Waals surface area contributed by atoms with E-state index in [0.29, 0.717) is 5.56 Å². The number of hydrogen-bond donors (Lipinski definition) is 1. The fraction of sp³-hybridized carbons (Fsp3) is 0.0769. The number of halogens is 1. The number of rotatable bonds is 4. The van der Waals surface area contributed by atoms with Gasteiger partial charge in [0.05, 0.1) is 0 Å². The molecule has 0 aliphatic rings. The molecule has 4 heteroatoms. The minimum absolute atomic E-state index is 0.0718. The van der Waals surface area contributed by atoms with Gasteiger partial charge in [-0.1, -0.05) is 18.2 Å². The van der Waals surface area contributed by atoms with Crippen LogP contribution < -0.4 is 5.32 Å². The number of nitriles is 1. The summed E-state index contributed by atoms with van der Waals surface area (Å²) in [4.78, 5) is 11.5. The summed E-state index contributed by atoms with van der Waals surface area (Å²) in [6.45, 7) is 3.73. The summed E-state index contributed by atoms with van der Waals surface area (Å²) in [6, 6.07) is 7.44. The third-order valence-corrected chi connectivity index (χ3v) is 1.93. The van der Waals surface area contributed by atoms with Gasteiger partial charge in [-0.15, -0.1) is 6.58 Å². The van der Waals surface area contributed by atoms with Crippen LogP contribution in [0.1, 0.15) is 5.56 Å². The fourth-order valence-corrected chi connectivity index (χ4v) is 1.17. The van der Waals surface area contributed by atoms with Gasteiger partial charge in [0, 0.05) is 6.54 Å². The van der Waals surface area contributed by atoms with Crippen molar-refractivity contribution in [3.05, 3.63) is 53.9 Å². The summed E-state index contributed by atoms with van der Waals surface area (Å²) < 4.78 is 12.9. The molecule has 0 fully saturated rings. The predicted octanol–water partition coefficient (Wildman–Crippen LogP) is 2.03. The van der Waals surface area contributed by atoms with Crippen LogP contribution in [0.5, 0.6) is 0 Å². The van der Waals surface area contributed by atoms with Crippen molar-refractivity contribution in [2.75, 3.05) is 6.54 Å². The van der Waals surface area contributed by atoms with E-state index in [1.807, 2.05) is 0 Å². The highest BCUT2D eigenvalue weighted by Gasteiger charge is 2.07. The average molecular weight is 230 g/mol. The van der Waals surface area contributed by atoms with Crippen LogP contribution in [-0.2, 0) is 4.79 Å². The summed E-state index contributed by atoms with van der Waals surface area (Å²) in [6.07, 6.45) is 2.84. The quantitative estimate of drug-likeness (QED) is 0.489. The van der Waals surface area contributed by atoms with Crippen LogP contribution in [0.3, 0.4) is 0 Å². The van der Waals surface area contributed by atoms with Gasteiger partial charge in [-0.2, -0.15) is 5.26 Å². The van der Waals surface area contributed by atoms with E-state index in [9.17, 15) is 9.18 Å². The number of nitrogens with one attached hydrogen (secondary N) is 1. The molecule has 1 rings (SSSR count). The first-order chi connectivity index (χ1) is 8.17. The van der Waals surface area contributed by atoms with Gasteiger partial charge >= 0.3 is 0 Å². The van der Waals surface area contributed by atoms with Gasteiger partial charge < -0.3 is 5.32 Å². The molecule has 0 aliphatic heterocycles. The third-order valence-electron chi connectivity index (χ3n) is 1.93. The van der Waals surface area contributed by atoms with E-state index < -0.39 is 11.7 Å². The Hall–Kier alpha value is -2.41. The van der Waals surface area contributed by atoms with Crippen LogP contribution in [-0.4, -0.2) is 12.5 Å². The van der Waals surface area contributed by atoms with Crippen LogP contribution in [0, 0.1) is 17.1 Å². The Bertz CT molecular complexity index is 500. The highest BCUT2D eigenvalue weighted by Crippen LogP contribution is 2.08. The molecule has 0 saturated heterocycles. The topological polar surface area (TPSA) is 52.9 Å². The normalized spacial score (nSPS) is 10.5. The van der Waals surface area contributed by atoms with Gasteiger partial charge in [-0.05, 0) is 23.8 Å². The molecule has 0 atom stereocenters. The van der Waals surface area contributed by atoms with Crippen LogP contribution in [0.25, 0.3) is 6.08 Å². The average Bonchev–Trinajstić information content (AvgIpc) is 2.33. The first-order valence-corrected chi connectivity index (χ1v) is 4.94. The van der Waals surface area contributed by atoms with Crippen LogP contribution in [0.15, 0.2) is 42.5 Å². The zero-order chi connectivity index (χ0) is 12.7. The maximum atomic E-state index is 12.9. The Kier molecular flexibility index (Phi) is 4.64. The molecular formula is C13H11FN2O. The standard InChI is InChI=1S/C13H11FN2O/c1-2-6-16-13(17)11(9-15)7-10-4-3-5-12(14)8-10/h2-5,7-8H,1,6H2,(H,16,17)/b11-7-. The largest absolute Gasteiger partial charge is 0.348 e. The van der Waals surface area contributed by atoms with Gasteiger partial charge in [0.25, 0.3) is 5.91 Å². The summed E-state index contributed by atoms with van der Waals surface area (Å²) >= 11 is 0. The van der Waals surface area contributed by atoms with Crippen molar-refractivity contribution in [2.24, 2.45) is 0 Å². The van der Waals surface area contributed by atoms with Crippen molar-refractivity contribution < 1.29 is 9.18 Å². The summed E-state index contributed by atoms with van der Waals surface area (Å²) in [5, 5.41) is 11.3. The second kappa shape index (κ2) is 6.23. The molecule has 1 amide bonds. The Morgan fingerprint density at radius 2 is 2.35 bits per heavy atom. The van der Waals surface area contributed by atoms with E-state index in [1.54, 1.807) is 12.1 Å². The van der Waals surface area contributed by atoms with E-state index in [2.05, 4.69) is 11.9 Å². The summed E-state index contributed by atoms with van der Waals surface area (Å²) in [5.41, 5.74) is 0.396. The number of hydrogen-bond acceptors (Lipinski definition) is 2. The van der Waals surface area contributed by atoms with Crippen LogP contribution in [0.4, 0.5) is 4.39 Å². The number of carbonyl (C=O) groups excluding carboxylic acids is 1. The molecule has 0 unspecified atom stereocenters. The lowest BCUT2D eigenvalue weighted by atomic mass is 10.1. The predicted molar refractivity (Wildman–Crippen MR) is 63.2 cm³/mol. The minimum atomic E-state index is -0.503. The number of benzene rings is 1. The molecule has 0 aliphatic carbocycles. The van der Waals surface area contributed by atoms with E-state index in [-0.39, 0.29) is 12.1 Å². The summed E-state index contributed by atoms with van der Waals surface area (Å²) in [5.74, 6) is -0.917. The van der Waals surface area contributed by atoms with Crippen molar-refractivity contribution in [3.8, 4) is 6.07 Å². The Morgan fingerprint density at radius 3 is 2.94 bits per heavy atom. The molecule has 17 heavy (non-hydrogen) atoms. The molecular weight excluding hydrogens is 219 g/mol. The molecule has 0 bridgehead atoms. The first-order valence-electron chi connectivity index (χ1n) is 4.94. The van der Waals surface area contributed by atoms with Gasteiger partial charge in [0.2, 0.25) is 0 Å². The minimum Gasteiger partial charge on any atom is -0.348 e. The van der Waals surface area contributed by atoms with Crippen molar-refractivity contribution in [2.45, 2.75) is 0 Å². The van der Waals surface area contributed by atoms with E-state index >= 15 is 0 Å². The fourth-order valence-electron chi connectivity index (χ4n) is 1.17. The molecule has 3 nitrogen and oxygen atoms in total.